The molecule has 0 spiro atoms. The lowest BCUT2D eigenvalue weighted by molar-refractivity contribution is -0.172. The molecule has 0 aromatic rings. The molecule has 5 heterocycles. The van der Waals surface area contributed by atoms with Crippen molar-refractivity contribution in [3.63, 3.8) is 0 Å². The van der Waals surface area contributed by atoms with E-state index in [1.54, 1.807) is 19.1 Å². The zero-order valence-corrected chi connectivity index (χ0v) is 87.2. The largest absolute Gasteiger partial charge is 0.449 e. The van der Waals surface area contributed by atoms with E-state index in [2.05, 4.69) is 64.0 Å². The van der Waals surface area contributed by atoms with Crippen LogP contribution in [0.1, 0.15) is 340 Å². The molecule has 15 aliphatic rings. The summed E-state index contributed by atoms with van der Waals surface area (Å²) in [5.41, 5.74) is 1.13. The quantitative estimate of drug-likeness (QED) is 0.0189. The number of amides is 9. The van der Waals surface area contributed by atoms with Gasteiger partial charge in [-0.25, -0.2) is 9.18 Å². The molecular weight excluding hydrogens is 1780 g/mol. The maximum atomic E-state index is 14.2. The average Bonchev–Trinajstić information content (AvgIpc) is 1.48. The highest BCUT2D eigenvalue weighted by Gasteiger charge is 2.53. The molecular formula is C106H182F6N12O14. The maximum Gasteiger partial charge on any atom is 0.449 e. The van der Waals surface area contributed by atoms with Crippen LogP contribution < -0.4 is 0 Å². The Morgan fingerprint density at radius 2 is 0.920 bits per heavy atom. The van der Waals surface area contributed by atoms with Gasteiger partial charge in [-0.2, -0.15) is 22.0 Å². The number of methoxy groups -OCH3 is 2. The number of carbonyl (C=O) groups is 8. The van der Waals surface area contributed by atoms with E-state index >= 15 is 0 Å². The molecule has 5 aliphatic heterocycles. The fourth-order valence-corrected chi connectivity index (χ4v) is 20.3. The number of rotatable bonds is 41. The number of amidine groups is 2. The number of piperidine rings is 1. The zero-order valence-electron chi connectivity index (χ0n) is 87.2. The number of ether oxygens (including phenoxy) is 6. The van der Waals surface area contributed by atoms with Crippen LogP contribution in [0.15, 0.2) is 11.6 Å². The molecule has 0 aromatic carbocycles. The van der Waals surface area contributed by atoms with Gasteiger partial charge in [0.05, 0.1) is 31.5 Å². The van der Waals surface area contributed by atoms with Crippen LogP contribution in [0.4, 0.5) is 31.1 Å². The number of likely N-dealkylation sites (tertiary alicyclic amines) is 2. The SMILES string of the molecule is CCCN(C(=O)C(F)(F)C1CCOCC1)C1CC1.CCCN(C(=O)C1CCCC(COC)C1)C1CC1.CCCN(C(=O)C1CCN(C(=N)C(F)(F)F)C(=N)C1)C1CC1.CCCN(C(=O)C1CCOCC1)C1CC1.CCCN(C(=O)CC1CCC(OC)C1)C1CC1.CCCN(C(=O)CC=C(C)C)C1CC1F.CCCN(C(=O)CCCOC(C)C)C1CC1.CCCN(C(=O)N1CC2COCC2C1)C1CC1. The fraction of sp³-hybridized carbons (Fsp3) is 0.887. The Kier molecular flexibility index (Phi) is 50.8. The summed E-state index contributed by atoms with van der Waals surface area (Å²) in [5, 5.41) is 14.9. The van der Waals surface area contributed by atoms with Gasteiger partial charge in [-0.3, -0.25) is 44.4 Å². The van der Waals surface area contributed by atoms with Gasteiger partial charge in [0.2, 0.25) is 41.3 Å². The van der Waals surface area contributed by atoms with E-state index in [0.717, 1.165) is 219 Å². The molecule has 9 atom stereocenters. The smallest absolute Gasteiger partial charge is 0.384 e. The highest BCUT2D eigenvalue weighted by Crippen LogP contribution is 2.42. The summed E-state index contributed by atoms with van der Waals surface area (Å²) in [5.74, 6) is -2.87. The second kappa shape index (κ2) is 59.9. The molecule has 138 heavy (non-hydrogen) atoms. The van der Waals surface area contributed by atoms with Crippen molar-refractivity contribution in [2.45, 2.75) is 419 Å². The van der Waals surface area contributed by atoms with E-state index in [1.807, 2.05) is 59.4 Å². The van der Waals surface area contributed by atoms with Crippen molar-refractivity contribution in [1.29, 1.82) is 10.8 Å². The molecule has 0 aromatic heterocycles. The monoisotopic (exact) mass is 1960 g/mol. The lowest BCUT2D eigenvalue weighted by atomic mass is 9.81. The first-order valence-corrected chi connectivity index (χ1v) is 54.3. The Hall–Kier alpha value is -6.22. The molecule has 10 aliphatic carbocycles. The van der Waals surface area contributed by atoms with Crippen molar-refractivity contribution in [2.75, 3.05) is 139 Å². The minimum absolute atomic E-state index is 0.0236. The third kappa shape index (κ3) is 39.4. The lowest BCUT2D eigenvalue weighted by Gasteiger charge is -2.36. The molecule has 9 unspecified atom stereocenters. The first-order chi connectivity index (χ1) is 66.1. The maximum absolute atomic E-state index is 14.2. The minimum atomic E-state index is -4.76. The van der Waals surface area contributed by atoms with Crippen LogP contribution in [0, 0.1) is 58.2 Å². The molecule has 15 rings (SSSR count). The second-order valence-electron chi connectivity index (χ2n) is 42.2. The molecule has 2 N–H and O–H groups in total. The Morgan fingerprint density at radius 1 is 0.486 bits per heavy atom. The first kappa shape index (κ1) is 117. The Labute approximate surface area is 824 Å². The summed E-state index contributed by atoms with van der Waals surface area (Å²) in [7, 11) is 3.54. The van der Waals surface area contributed by atoms with Crippen LogP contribution in [-0.4, -0.2) is 326 Å². The summed E-state index contributed by atoms with van der Waals surface area (Å²) < 4.78 is 111. The molecule has 32 heteroatoms. The van der Waals surface area contributed by atoms with Gasteiger partial charge in [0.15, 0.2) is 0 Å². The Morgan fingerprint density at radius 3 is 1.36 bits per heavy atom. The van der Waals surface area contributed by atoms with Crippen molar-refractivity contribution >= 4 is 59.1 Å². The average molecular weight is 1960 g/mol. The van der Waals surface area contributed by atoms with Crippen molar-refractivity contribution < 1.29 is 93.1 Å². The molecule has 10 saturated carbocycles. The predicted molar refractivity (Wildman–Crippen MR) is 528 cm³/mol. The number of nitrogens with zero attached hydrogens (tertiary/aromatic N) is 10. The van der Waals surface area contributed by atoms with E-state index in [4.69, 9.17) is 39.2 Å². The number of hydrogen-bond donors (Lipinski definition) is 2. The molecule has 9 amide bonds. The van der Waals surface area contributed by atoms with Crippen LogP contribution in [0.2, 0.25) is 0 Å². The molecule has 0 bridgehead atoms. The zero-order chi connectivity index (χ0) is 101. The fourth-order valence-electron chi connectivity index (χ4n) is 20.3. The van der Waals surface area contributed by atoms with Gasteiger partial charge in [-0.05, 0) is 258 Å². The van der Waals surface area contributed by atoms with Crippen molar-refractivity contribution in [3.8, 4) is 0 Å². The molecule has 0 radical (unpaired) electrons. The van der Waals surface area contributed by atoms with Crippen molar-refractivity contribution in [3.05, 3.63) is 11.6 Å². The third-order valence-corrected chi connectivity index (χ3v) is 29.0. The van der Waals surface area contributed by atoms with E-state index in [0.29, 0.717) is 147 Å². The van der Waals surface area contributed by atoms with Gasteiger partial charge in [0.25, 0.3) is 5.91 Å². The number of allylic oxidation sites excluding steroid dienone is 1. The van der Waals surface area contributed by atoms with Gasteiger partial charge in [-0.15, -0.1) is 0 Å². The van der Waals surface area contributed by atoms with Crippen molar-refractivity contribution in [2.24, 2.45) is 47.3 Å². The van der Waals surface area contributed by atoms with E-state index in [1.165, 1.54) is 81.9 Å². The van der Waals surface area contributed by atoms with Gasteiger partial charge in [-0.1, -0.05) is 73.5 Å². The normalized spacial score (nSPS) is 24.4. The Balaban J connectivity index is 0.000000194. The topological polar surface area (TPSA) is 272 Å². The van der Waals surface area contributed by atoms with Gasteiger partial charge in [0.1, 0.15) is 12.0 Å². The summed E-state index contributed by atoms with van der Waals surface area (Å²) in [6, 6.07) is 3.28. The van der Waals surface area contributed by atoms with Crippen LogP contribution in [0.5, 0.6) is 0 Å². The number of fused-ring (bicyclic) bond motifs is 1. The molecule has 792 valence electrons. The Bertz CT molecular complexity index is 3680. The number of hydrogen-bond acceptors (Lipinski definition) is 16. The predicted octanol–water partition coefficient (Wildman–Crippen LogP) is 19.2. The summed E-state index contributed by atoms with van der Waals surface area (Å²) >= 11 is 0. The van der Waals surface area contributed by atoms with Gasteiger partial charge in [0, 0.05) is 236 Å². The molecule has 26 nitrogen and oxygen atoms in total. The number of urea groups is 1. The van der Waals surface area contributed by atoms with E-state index in [9.17, 15) is 64.7 Å². The highest BCUT2D eigenvalue weighted by molar-refractivity contribution is 6.02. The summed E-state index contributed by atoms with van der Waals surface area (Å²) in [6.45, 7) is 38.3. The summed E-state index contributed by atoms with van der Waals surface area (Å²) in [4.78, 5) is 116. The first-order valence-electron chi connectivity index (χ1n) is 54.3. The number of alkyl halides is 6. The van der Waals surface area contributed by atoms with E-state index in [-0.39, 0.29) is 92.0 Å². The van der Waals surface area contributed by atoms with Crippen LogP contribution in [-0.2, 0) is 62.0 Å². The lowest BCUT2D eigenvalue weighted by Crippen LogP contribution is -2.50. The van der Waals surface area contributed by atoms with Crippen LogP contribution in [0.3, 0.4) is 0 Å². The minimum Gasteiger partial charge on any atom is -0.384 e. The van der Waals surface area contributed by atoms with Crippen LogP contribution >= 0.6 is 0 Å². The van der Waals surface area contributed by atoms with Crippen molar-refractivity contribution in [1.82, 2.24) is 49.0 Å². The highest BCUT2D eigenvalue weighted by atomic mass is 19.4. The molecule has 15 fully saturated rings. The third-order valence-electron chi connectivity index (χ3n) is 29.0. The number of nitrogens with one attached hydrogen (secondary N) is 2. The van der Waals surface area contributed by atoms with Gasteiger partial charge >= 0.3 is 18.1 Å². The second-order valence-corrected chi connectivity index (χ2v) is 42.2. The molecule has 5 saturated heterocycles. The number of carbonyl (C=O) groups excluding carboxylic acids is 8. The summed E-state index contributed by atoms with van der Waals surface area (Å²) in [6.07, 6.45) is 34.4. The van der Waals surface area contributed by atoms with Crippen LogP contribution in [0.25, 0.3) is 0 Å². The number of halogens is 6. The van der Waals surface area contributed by atoms with E-state index < -0.39 is 41.8 Å². The van der Waals surface area contributed by atoms with Gasteiger partial charge < -0.3 is 77.4 Å². The standard InChI is InChI=1S/C15H27NO2.C14H21F3N4O.C14H25NO2.C13H21F2NO2.C13H22N2O2.C13H25NO2.C12H20FNO.C12H21NO2/c1-3-9-16(14-7-8-14)15(17)13-6-4-5-12(10-13)11-18-2;1-2-6-20(10-3-4-10)12(22)9-5-7-21(11(18)8-9)13(19)14(15,16)17;1-3-8-15(12-5-6-12)14(16)10-11-4-7-13(9-11)17-2;1-2-7-16(11-3-4-11)12(17)13(14,15)10-5-8-18-9-6-10;1-2-5-15(12-3-4-12)13(16)14-6-10-8-17-9-11(10)7-14;1-4-9-14(12-7-8-12)13(15)6-5-10-16-11(2)3;1-4-7-14(11-8-10(11)13)12(15)6-5-9(2)3;1-2-7-13(11-3-4-11)12(14)10-5-8-15-9-6-10/h12-14H,3-11H2,1-2H3;9-10,18-19H,2-8H2,1H3;11-13H,3-10H2,1-2H3;10-11H,2-9H2,1H3;10-12H,2-9H2,1H3;11-12H,4-10H2,1-3H3;5,10-11H,4,6-8H2,1-3H3;10-11H,2-9H2,1H3.